The summed E-state index contributed by atoms with van der Waals surface area (Å²) in [5, 5.41) is 0. The van der Waals surface area contributed by atoms with Crippen LogP contribution in [0, 0.1) is 0 Å². The van der Waals surface area contributed by atoms with Crippen molar-refractivity contribution < 1.29 is 0 Å². The molecule has 7 aromatic rings. The molecular formula is C39H27N3. The first kappa shape index (κ1) is 25.3. The van der Waals surface area contributed by atoms with E-state index < -0.39 is 0 Å². The molecule has 0 aliphatic rings. The van der Waals surface area contributed by atoms with E-state index in [1.54, 1.807) is 6.33 Å². The van der Waals surface area contributed by atoms with Gasteiger partial charge in [0.2, 0.25) is 0 Å². The summed E-state index contributed by atoms with van der Waals surface area (Å²) >= 11 is 0. The molecule has 3 nitrogen and oxygen atoms in total. The minimum atomic E-state index is 0.657. The summed E-state index contributed by atoms with van der Waals surface area (Å²) in [7, 11) is 0. The van der Waals surface area contributed by atoms with E-state index >= 15 is 0 Å². The Morgan fingerprint density at radius 2 is 0.690 bits per heavy atom. The molecule has 198 valence electrons. The topological polar surface area (TPSA) is 38.7 Å². The van der Waals surface area contributed by atoms with Crippen LogP contribution in [0.1, 0.15) is 0 Å². The zero-order valence-corrected chi connectivity index (χ0v) is 22.9. The zero-order chi connectivity index (χ0) is 28.1. The third kappa shape index (κ3) is 5.12. The molecule has 0 amide bonds. The Morgan fingerprint density at radius 1 is 0.310 bits per heavy atom. The third-order valence-electron chi connectivity index (χ3n) is 7.45. The van der Waals surface area contributed by atoms with Crippen molar-refractivity contribution in [3.63, 3.8) is 0 Å². The van der Waals surface area contributed by atoms with Gasteiger partial charge in [0.15, 0.2) is 11.6 Å². The summed E-state index contributed by atoms with van der Waals surface area (Å²) in [6, 6.07) is 55.1. The average Bonchev–Trinajstić information content (AvgIpc) is 3.09. The normalized spacial score (nSPS) is 10.9. The van der Waals surface area contributed by atoms with E-state index in [2.05, 4.69) is 137 Å². The number of nitrogens with zero attached hydrogens (tertiary/aromatic N) is 3. The zero-order valence-electron chi connectivity index (χ0n) is 22.9. The Labute approximate surface area is 245 Å². The highest BCUT2D eigenvalue weighted by Crippen LogP contribution is 2.43. The Balaban J connectivity index is 1.36. The van der Waals surface area contributed by atoms with Crippen LogP contribution in [0.2, 0.25) is 0 Å². The second-order valence-electron chi connectivity index (χ2n) is 10.1. The van der Waals surface area contributed by atoms with E-state index in [0.717, 1.165) is 22.3 Å². The fraction of sp³-hybridized carbons (Fsp3) is 0. The standard InChI is InChI=1S/C39H27N3/c1-5-13-29(14-6-1)35-25-34(26-36(30-15-7-2-8-16-30)37(35)31-17-9-3-10-18-31)28-21-23-33(24-22-28)39-41-27-40-38(42-39)32-19-11-4-12-20-32/h1-27H. The molecule has 1 heterocycles. The van der Waals surface area contributed by atoms with Crippen molar-refractivity contribution in [2.24, 2.45) is 0 Å². The van der Waals surface area contributed by atoms with Crippen molar-refractivity contribution in [3.05, 3.63) is 164 Å². The predicted molar refractivity (Wildman–Crippen MR) is 172 cm³/mol. The number of benzene rings is 6. The summed E-state index contributed by atoms with van der Waals surface area (Å²) < 4.78 is 0. The monoisotopic (exact) mass is 537 g/mol. The fourth-order valence-corrected chi connectivity index (χ4v) is 5.39. The minimum Gasteiger partial charge on any atom is -0.217 e. The van der Waals surface area contributed by atoms with Crippen molar-refractivity contribution in [1.29, 1.82) is 0 Å². The molecule has 0 saturated carbocycles. The molecular weight excluding hydrogens is 510 g/mol. The Kier molecular flexibility index (Phi) is 6.89. The van der Waals surface area contributed by atoms with Gasteiger partial charge in [0, 0.05) is 11.1 Å². The first-order valence-corrected chi connectivity index (χ1v) is 14.0. The van der Waals surface area contributed by atoms with E-state index in [-0.39, 0.29) is 0 Å². The second kappa shape index (κ2) is 11.4. The van der Waals surface area contributed by atoms with Crippen molar-refractivity contribution in [1.82, 2.24) is 15.0 Å². The molecule has 0 unspecified atom stereocenters. The molecule has 7 rings (SSSR count). The van der Waals surface area contributed by atoms with Gasteiger partial charge in [-0.15, -0.1) is 0 Å². The van der Waals surface area contributed by atoms with Crippen LogP contribution in [0.25, 0.3) is 67.3 Å². The minimum absolute atomic E-state index is 0.657. The molecule has 6 aromatic carbocycles. The van der Waals surface area contributed by atoms with Gasteiger partial charge in [-0.1, -0.05) is 146 Å². The lowest BCUT2D eigenvalue weighted by Crippen LogP contribution is -1.95. The molecule has 0 aliphatic carbocycles. The highest BCUT2D eigenvalue weighted by Gasteiger charge is 2.17. The average molecular weight is 538 g/mol. The van der Waals surface area contributed by atoms with Crippen LogP contribution >= 0.6 is 0 Å². The second-order valence-corrected chi connectivity index (χ2v) is 10.1. The summed E-state index contributed by atoms with van der Waals surface area (Å²) in [4.78, 5) is 13.6. The highest BCUT2D eigenvalue weighted by atomic mass is 15.0. The number of hydrogen-bond acceptors (Lipinski definition) is 3. The van der Waals surface area contributed by atoms with Gasteiger partial charge < -0.3 is 0 Å². The van der Waals surface area contributed by atoms with Gasteiger partial charge in [0.05, 0.1) is 0 Å². The van der Waals surface area contributed by atoms with Gasteiger partial charge in [0.1, 0.15) is 6.33 Å². The number of aromatic nitrogens is 3. The van der Waals surface area contributed by atoms with E-state index in [0.29, 0.717) is 11.6 Å². The molecule has 0 atom stereocenters. The molecule has 1 aromatic heterocycles. The van der Waals surface area contributed by atoms with Gasteiger partial charge in [-0.05, 0) is 56.6 Å². The molecule has 3 heteroatoms. The molecule has 0 fully saturated rings. The summed E-state index contributed by atoms with van der Waals surface area (Å²) in [5.74, 6) is 1.32. The SMILES string of the molecule is c1ccc(-c2ncnc(-c3ccc(-c4cc(-c5ccccc5)c(-c5ccccc5)c(-c5ccccc5)c4)cc3)n2)cc1. The molecule has 0 bridgehead atoms. The van der Waals surface area contributed by atoms with Crippen molar-refractivity contribution >= 4 is 0 Å². The van der Waals surface area contributed by atoms with E-state index in [4.69, 9.17) is 4.98 Å². The first-order valence-electron chi connectivity index (χ1n) is 14.0. The Morgan fingerprint density at radius 3 is 1.17 bits per heavy atom. The van der Waals surface area contributed by atoms with Crippen LogP contribution in [0.3, 0.4) is 0 Å². The van der Waals surface area contributed by atoms with Crippen LogP contribution in [-0.2, 0) is 0 Å². The Hall–Kier alpha value is -5.67. The first-order chi connectivity index (χ1) is 20.8. The van der Waals surface area contributed by atoms with Crippen LogP contribution in [0.5, 0.6) is 0 Å². The maximum Gasteiger partial charge on any atom is 0.163 e. The molecule has 0 saturated heterocycles. The molecule has 42 heavy (non-hydrogen) atoms. The summed E-state index contributed by atoms with van der Waals surface area (Å²) in [6.45, 7) is 0. The maximum absolute atomic E-state index is 4.75. The van der Waals surface area contributed by atoms with Crippen LogP contribution in [0.4, 0.5) is 0 Å². The van der Waals surface area contributed by atoms with Gasteiger partial charge in [0.25, 0.3) is 0 Å². The van der Waals surface area contributed by atoms with Crippen molar-refractivity contribution in [2.75, 3.05) is 0 Å². The van der Waals surface area contributed by atoms with E-state index in [1.807, 2.05) is 30.3 Å². The Bertz CT molecular complexity index is 1880. The predicted octanol–water partition coefficient (Wildman–Crippen LogP) is 9.87. The van der Waals surface area contributed by atoms with Crippen LogP contribution in [-0.4, -0.2) is 15.0 Å². The smallest absolute Gasteiger partial charge is 0.163 e. The largest absolute Gasteiger partial charge is 0.217 e. The van der Waals surface area contributed by atoms with Gasteiger partial charge in [-0.2, -0.15) is 0 Å². The summed E-state index contributed by atoms with van der Waals surface area (Å²) in [5.41, 5.74) is 11.4. The van der Waals surface area contributed by atoms with Crippen molar-refractivity contribution in [2.45, 2.75) is 0 Å². The van der Waals surface area contributed by atoms with Gasteiger partial charge >= 0.3 is 0 Å². The van der Waals surface area contributed by atoms with Crippen molar-refractivity contribution in [3.8, 4) is 67.3 Å². The molecule has 0 N–H and O–H groups in total. The lowest BCUT2D eigenvalue weighted by molar-refractivity contribution is 1.07. The van der Waals surface area contributed by atoms with E-state index in [9.17, 15) is 0 Å². The lowest BCUT2D eigenvalue weighted by Gasteiger charge is -2.19. The van der Waals surface area contributed by atoms with Gasteiger partial charge in [-0.25, -0.2) is 15.0 Å². The third-order valence-corrected chi connectivity index (χ3v) is 7.45. The van der Waals surface area contributed by atoms with E-state index in [1.165, 1.54) is 33.4 Å². The highest BCUT2D eigenvalue weighted by molar-refractivity contribution is 5.97. The lowest BCUT2D eigenvalue weighted by atomic mass is 9.84. The fourth-order valence-electron chi connectivity index (χ4n) is 5.39. The van der Waals surface area contributed by atoms with Gasteiger partial charge in [-0.3, -0.25) is 0 Å². The number of hydrogen-bond donors (Lipinski definition) is 0. The molecule has 0 aliphatic heterocycles. The maximum atomic E-state index is 4.75. The molecule has 0 radical (unpaired) electrons. The number of rotatable bonds is 6. The van der Waals surface area contributed by atoms with Crippen LogP contribution in [0.15, 0.2) is 164 Å². The summed E-state index contributed by atoms with van der Waals surface area (Å²) in [6.07, 6.45) is 1.58. The quantitative estimate of drug-likeness (QED) is 0.212. The molecule has 0 spiro atoms. The van der Waals surface area contributed by atoms with Crippen LogP contribution < -0.4 is 0 Å².